The minimum absolute atomic E-state index is 0.0970. The molecule has 1 heterocycles. The van der Waals surface area contributed by atoms with Crippen molar-refractivity contribution in [1.29, 1.82) is 0 Å². The van der Waals surface area contributed by atoms with Crippen molar-refractivity contribution in [3.63, 3.8) is 0 Å². The highest BCUT2D eigenvalue weighted by atomic mass is 19.4. The van der Waals surface area contributed by atoms with Crippen molar-refractivity contribution in [2.45, 2.75) is 26.6 Å². The third kappa shape index (κ3) is 3.09. The summed E-state index contributed by atoms with van der Waals surface area (Å²) < 4.78 is 39.8. The predicted octanol–water partition coefficient (Wildman–Crippen LogP) is 5.23. The van der Waals surface area contributed by atoms with E-state index in [0.717, 1.165) is 28.6 Å². The van der Waals surface area contributed by atoms with E-state index in [2.05, 4.69) is 0 Å². The molecule has 3 rings (SSSR count). The minimum Gasteiger partial charge on any atom is -0.343 e. The summed E-state index contributed by atoms with van der Waals surface area (Å²) in [5, 5.41) is 12.0. The van der Waals surface area contributed by atoms with Crippen LogP contribution in [0.1, 0.15) is 22.3 Å². The molecular weight excluding hydrogens is 333 g/mol. The smallest absolute Gasteiger partial charge is 0.343 e. The van der Waals surface area contributed by atoms with E-state index in [0.29, 0.717) is 17.7 Å². The number of aromatic nitrogens is 1. The average molecular weight is 348 g/mol. The summed E-state index contributed by atoms with van der Waals surface area (Å²) in [6.07, 6.45) is -2.57. The fourth-order valence-corrected chi connectivity index (χ4v) is 3.07. The zero-order valence-electron chi connectivity index (χ0n) is 13.6. The molecule has 2 aromatic carbocycles. The number of fused-ring (bicyclic) bond motifs is 1. The van der Waals surface area contributed by atoms with Gasteiger partial charge in [0.2, 0.25) is 0 Å². The Labute approximate surface area is 141 Å². The van der Waals surface area contributed by atoms with Gasteiger partial charge in [0.25, 0.3) is 5.69 Å². The molecule has 0 radical (unpaired) electrons. The molecule has 0 amide bonds. The zero-order chi connectivity index (χ0) is 18.4. The van der Waals surface area contributed by atoms with Crippen LogP contribution in [-0.4, -0.2) is 9.49 Å². The van der Waals surface area contributed by atoms with Gasteiger partial charge in [0.15, 0.2) is 0 Å². The van der Waals surface area contributed by atoms with Gasteiger partial charge in [0.1, 0.15) is 0 Å². The summed E-state index contributed by atoms with van der Waals surface area (Å²) in [6, 6.07) is 8.54. The molecule has 3 aromatic rings. The summed E-state index contributed by atoms with van der Waals surface area (Å²) in [4.78, 5) is 10.8. The summed E-state index contributed by atoms with van der Waals surface area (Å²) >= 11 is 0. The molecule has 0 spiro atoms. The molecule has 0 atom stereocenters. The third-order valence-electron chi connectivity index (χ3n) is 4.31. The molecule has 0 aliphatic rings. The fraction of sp³-hybridized carbons (Fsp3) is 0.222. The van der Waals surface area contributed by atoms with Crippen LogP contribution in [0.5, 0.6) is 0 Å². The second kappa shape index (κ2) is 5.91. The Morgan fingerprint density at radius 3 is 2.32 bits per heavy atom. The van der Waals surface area contributed by atoms with Crippen molar-refractivity contribution >= 4 is 16.6 Å². The number of nitro groups is 1. The first-order valence-corrected chi connectivity index (χ1v) is 7.58. The quantitative estimate of drug-likeness (QED) is 0.480. The third-order valence-corrected chi connectivity index (χ3v) is 4.31. The SMILES string of the molecule is Cc1cc2c(ccn2Cc2ccc(C(F)(F)F)cc2)c(C)c1[N+](=O)[O-]. The Morgan fingerprint density at radius 1 is 1.12 bits per heavy atom. The molecule has 1 aromatic heterocycles. The van der Waals surface area contributed by atoms with Crippen molar-refractivity contribution in [2.24, 2.45) is 0 Å². The van der Waals surface area contributed by atoms with E-state index in [1.54, 1.807) is 32.2 Å². The van der Waals surface area contributed by atoms with Crippen LogP contribution in [0.15, 0.2) is 42.6 Å². The highest BCUT2D eigenvalue weighted by Gasteiger charge is 2.29. The van der Waals surface area contributed by atoms with Crippen molar-refractivity contribution in [2.75, 3.05) is 0 Å². The Kier molecular flexibility index (Phi) is 4.02. The van der Waals surface area contributed by atoms with Crippen LogP contribution in [0.4, 0.5) is 18.9 Å². The van der Waals surface area contributed by atoms with E-state index in [-0.39, 0.29) is 5.69 Å². The molecule has 0 unspecified atom stereocenters. The molecule has 0 bridgehead atoms. The second-order valence-electron chi connectivity index (χ2n) is 6.00. The Morgan fingerprint density at radius 2 is 1.76 bits per heavy atom. The van der Waals surface area contributed by atoms with Gasteiger partial charge in [0.05, 0.1) is 10.5 Å². The van der Waals surface area contributed by atoms with Crippen LogP contribution in [0.3, 0.4) is 0 Å². The van der Waals surface area contributed by atoms with Gasteiger partial charge in [-0.1, -0.05) is 12.1 Å². The van der Waals surface area contributed by atoms with Crippen molar-refractivity contribution in [3.05, 3.63) is 75.0 Å². The molecule has 7 heteroatoms. The minimum atomic E-state index is -4.36. The number of rotatable bonds is 3. The monoisotopic (exact) mass is 348 g/mol. The highest BCUT2D eigenvalue weighted by Crippen LogP contribution is 2.32. The Hall–Kier alpha value is -2.83. The number of aryl methyl sites for hydroxylation is 2. The normalized spacial score (nSPS) is 11.9. The molecule has 25 heavy (non-hydrogen) atoms. The van der Waals surface area contributed by atoms with E-state index < -0.39 is 16.7 Å². The van der Waals surface area contributed by atoms with E-state index in [4.69, 9.17) is 0 Å². The molecule has 0 fully saturated rings. The summed E-state index contributed by atoms with van der Waals surface area (Å²) in [7, 11) is 0. The lowest BCUT2D eigenvalue weighted by Crippen LogP contribution is -2.05. The van der Waals surface area contributed by atoms with Gasteiger partial charge >= 0.3 is 6.18 Å². The molecule has 4 nitrogen and oxygen atoms in total. The Bertz CT molecular complexity index is 957. The van der Waals surface area contributed by atoms with E-state index in [9.17, 15) is 23.3 Å². The maximum atomic E-state index is 12.6. The number of hydrogen-bond donors (Lipinski definition) is 0. The molecule has 130 valence electrons. The summed E-state index contributed by atoms with van der Waals surface area (Å²) in [5.74, 6) is 0. The lowest BCUT2D eigenvalue weighted by atomic mass is 10.0. The van der Waals surface area contributed by atoms with Crippen molar-refractivity contribution < 1.29 is 18.1 Å². The average Bonchev–Trinajstić information content (AvgIpc) is 2.89. The largest absolute Gasteiger partial charge is 0.416 e. The first-order valence-electron chi connectivity index (χ1n) is 7.58. The van der Waals surface area contributed by atoms with Gasteiger partial charge in [-0.15, -0.1) is 0 Å². The first-order chi connectivity index (χ1) is 11.7. The number of nitrogens with zero attached hydrogens (tertiary/aromatic N) is 2. The van der Waals surface area contributed by atoms with Gasteiger partial charge in [-0.3, -0.25) is 10.1 Å². The first kappa shape index (κ1) is 17.0. The maximum Gasteiger partial charge on any atom is 0.416 e. The van der Waals surface area contributed by atoms with Gasteiger partial charge in [-0.05, 0) is 43.7 Å². The van der Waals surface area contributed by atoms with Crippen LogP contribution < -0.4 is 0 Å². The predicted molar refractivity (Wildman–Crippen MR) is 88.6 cm³/mol. The summed E-state index contributed by atoms with van der Waals surface area (Å²) in [6.45, 7) is 3.77. The highest BCUT2D eigenvalue weighted by molar-refractivity contribution is 5.88. The standard InChI is InChI=1S/C18H15F3N2O2/c1-11-9-16-15(12(2)17(11)23(24)25)7-8-22(16)10-13-3-5-14(6-4-13)18(19,20)21/h3-9H,10H2,1-2H3. The van der Waals surface area contributed by atoms with E-state index in [1.807, 2.05) is 4.57 Å². The van der Waals surface area contributed by atoms with Crippen LogP contribution in [0.2, 0.25) is 0 Å². The number of halogens is 3. The van der Waals surface area contributed by atoms with E-state index in [1.165, 1.54) is 12.1 Å². The van der Waals surface area contributed by atoms with Gasteiger partial charge in [-0.25, -0.2) is 0 Å². The molecule has 0 N–H and O–H groups in total. The van der Waals surface area contributed by atoms with Gasteiger partial charge < -0.3 is 4.57 Å². The number of nitro benzene ring substituents is 1. The zero-order valence-corrected chi connectivity index (χ0v) is 13.6. The molecule has 0 aliphatic heterocycles. The number of benzene rings is 2. The fourth-order valence-electron chi connectivity index (χ4n) is 3.07. The van der Waals surface area contributed by atoms with Crippen LogP contribution in [-0.2, 0) is 12.7 Å². The molecule has 0 saturated heterocycles. The van der Waals surface area contributed by atoms with Gasteiger partial charge in [-0.2, -0.15) is 13.2 Å². The molecule has 0 saturated carbocycles. The number of alkyl halides is 3. The molecular formula is C18H15F3N2O2. The Balaban J connectivity index is 1.99. The lowest BCUT2D eigenvalue weighted by Gasteiger charge is -2.10. The van der Waals surface area contributed by atoms with Crippen molar-refractivity contribution in [3.8, 4) is 0 Å². The van der Waals surface area contributed by atoms with Crippen molar-refractivity contribution in [1.82, 2.24) is 4.57 Å². The van der Waals surface area contributed by atoms with Crippen LogP contribution >= 0.6 is 0 Å². The maximum absolute atomic E-state index is 12.6. The summed E-state index contributed by atoms with van der Waals surface area (Å²) in [5.41, 5.74) is 2.10. The molecule has 0 aliphatic carbocycles. The van der Waals surface area contributed by atoms with E-state index >= 15 is 0 Å². The van der Waals surface area contributed by atoms with Gasteiger partial charge in [0, 0.05) is 34.8 Å². The van der Waals surface area contributed by atoms with Crippen LogP contribution in [0.25, 0.3) is 10.9 Å². The second-order valence-corrected chi connectivity index (χ2v) is 6.00. The topological polar surface area (TPSA) is 48.1 Å². The number of hydrogen-bond acceptors (Lipinski definition) is 2. The lowest BCUT2D eigenvalue weighted by molar-refractivity contribution is -0.385. The van der Waals surface area contributed by atoms with Crippen LogP contribution in [0, 0.1) is 24.0 Å².